The van der Waals surface area contributed by atoms with Gasteiger partial charge in [0.05, 0.1) is 35.7 Å². The zero-order chi connectivity index (χ0) is 23.1. The van der Waals surface area contributed by atoms with Crippen molar-refractivity contribution in [1.29, 1.82) is 5.26 Å². The van der Waals surface area contributed by atoms with Crippen molar-refractivity contribution in [2.45, 2.75) is 77.5 Å². The van der Waals surface area contributed by atoms with E-state index in [2.05, 4.69) is 41.1 Å². The van der Waals surface area contributed by atoms with E-state index in [1.54, 1.807) is 11.0 Å². The molecule has 0 amide bonds. The fourth-order valence-electron chi connectivity index (χ4n) is 3.34. The van der Waals surface area contributed by atoms with E-state index in [0.29, 0.717) is 18.6 Å². The van der Waals surface area contributed by atoms with Crippen LogP contribution in [0.25, 0.3) is 11.2 Å². The topological polar surface area (TPSA) is 106 Å². The molecule has 3 heterocycles. The van der Waals surface area contributed by atoms with Gasteiger partial charge in [0.1, 0.15) is 17.8 Å². The monoisotopic (exact) mass is 452 g/mol. The van der Waals surface area contributed by atoms with Crippen molar-refractivity contribution in [3.05, 3.63) is 23.9 Å². The Kier molecular flexibility index (Phi) is 5.81. The molecule has 3 aromatic heterocycles. The Morgan fingerprint density at radius 3 is 2.69 bits per heavy atom. The lowest BCUT2D eigenvalue weighted by Crippen LogP contribution is -2.24. The number of aromatic nitrogens is 6. The molecule has 0 saturated heterocycles. The van der Waals surface area contributed by atoms with E-state index in [1.807, 2.05) is 31.5 Å². The lowest BCUT2D eigenvalue weighted by molar-refractivity contribution is 0.0895. The van der Waals surface area contributed by atoms with Gasteiger partial charge in [0, 0.05) is 20.6 Å². The summed E-state index contributed by atoms with van der Waals surface area (Å²) < 4.78 is 9.56. The summed E-state index contributed by atoms with van der Waals surface area (Å²) in [6.45, 7) is 13.8. The predicted molar refractivity (Wildman–Crippen MR) is 127 cm³/mol. The SMILES string of the molecule is Cc1nn(C(C)(C)C#N)cc1Nc1nc(C2CC2)c2ncn(COCC[Si](C)(C)C)c2n1. The minimum absolute atomic E-state index is 0.425. The first-order valence-corrected chi connectivity index (χ1v) is 14.8. The van der Waals surface area contributed by atoms with Gasteiger partial charge in [-0.1, -0.05) is 19.6 Å². The van der Waals surface area contributed by atoms with Crippen molar-refractivity contribution in [1.82, 2.24) is 29.3 Å². The Balaban J connectivity index is 1.61. The van der Waals surface area contributed by atoms with Crippen LogP contribution in [0.2, 0.25) is 25.7 Å². The maximum Gasteiger partial charge on any atom is 0.229 e. The third kappa shape index (κ3) is 4.84. The number of anilines is 2. The first kappa shape index (κ1) is 22.4. The third-order valence-electron chi connectivity index (χ3n) is 5.67. The minimum atomic E-state index is -1.13. The van der Waals surface area contributed by atoms with Gasteiger partial charge in [0.2, 0.25) is 5.95 Å². The average Bonchev–Trinajstić information content (AvgIpc) is 3.39. The average molecular weight is 453 g/mol. The van der Waals surface area contributed by atoms with Crippen molar-refractivity contribution in [2.75, 3.05) is 11.9 Å². The summed E-state index contributed by atoms with van der Waals surface area (Å²) in [5.41, 5.74) is 3.45. The normalized spacial score (nSPS) is 14.7. The van der Waals surface area contributed by atoms with Crippen LogP contribution in [0.1, 0.15) is 44.0 Å². The molecule has 0 radical (unpaired) electrons. The summed E-state index contributed by atoms with van der Waals surface area (Å²) in [5, 5.41) is 17.2. The number of rotatable bonds is 9. The zero-order valence-electron chi connectivity index (χ0n) is 19.8. The Bertz CT molecular complexity index is 1160. The fraction of sp³-hybridized carbons (Fsp3) is 0.591. The molecule has 3 aromatic rings. The molecule has 1 saturated carbocycles. The van der Waals surface area contributed by atoms with E-state index in [-0.39, 0.29) is 0 Å². The highest BCUT2D eigenvalue weighted by atomic mass is 28.3. The second-order valence-corrected chi connectivity index (χ2v) is 15.9. The van der Waals surface area contributed by atoms with Gasteiger partial charge < -0.3 is 10.1 Å². The molecular weight excluding hydrogens is 420 g/mol. The molecule has 1 N–H and O–H groups in total. The number of hydrogen-bond donors (Lipinski definition) is 1. The molecule has 1 aliphatic carbocycles. The number of aryl methyl sites for hydroxylation is 1. The first-order valence-electron chi connectivity index (χ1n) is 11.1. The quantitative estimate of drug-likeness (QED) is 0.376. The summed E-state index contributed by atoms with van der Waals surface area (Å²) in [6.07, 6.45) is 5.87. The summed E-state index contributed by atoms with van der Waals surface area (Å²) >= 11 is 0. The molecule has 170 valence electrons. The molecule has 0 aliphatic heterocycles. The van der Waals surface area contributed by atoms with Crippen molar-refractivity contribution in [2.24, 2.45) is 0 Å². The Morgan fingerprint density at radius 1 is 1.28 bits per heavy atom. The Hall–Kier alpha value is -2.77. The molecule has 9 nitrogen and oxygen atoms in total. The molecule has 4 rings (SSSR count). The van der Waals surface area contributed by atoms with Crippen molar-refractivity contribution < 1.29 is 4.74 Å². The van der Waals surface area contributed by atoms with E-state index < -0.39 is 13.6 Å². The summed E-state index contributed by atoms with van der Waals surface area (Å²) in [5.74, 6) is 0.944. The van der Waals surface area contributed by atoms with Gasteiger partial charge in [-0.2, -0.15) is 15.3 Å². The van der Waals surface area contributed by atoms with Gasteiger partial charge >= 0.3 is 0 Å². The van der Waals surface area contributed by atoms with Crippen molar-refractivity contribution >= 4 is 30.9 Å². The highest BCUT2D eigenvalue weighted by molar-refractivity contribution is 6.76. The summed E-state index contributed by atoms with van der Waals surface area (Å²) in [4.78, 5) is 14.2. The molecule has 0 spiro atoms. The Labute approximate surface area is 189 Å². The standard InChI is InChI=1S/C22H32N8OSi/c1-15-17(11-30(28-15)22(2,3)12-23)25-21-26-18(16-7-8-16)19-20(27-21)29(13-24-19)14-31-9-10-32(4,5)6/h11,13,16H,7-10,14H2,1-6H3,(H,25,26,27). The molecule has 0 atom stereocenters. The van der Waals surface area contributed by atoms with E-state index in [4.69, 9.17) is 14.7 Å². The molecule has 0 unspecified atom stereocenters. The van der Waals surface area contributed by atoms with Crippen molar-refractivity contribution in [3.8, 4) is 6.07 Å². The maximum atomic E-state index is 9.42. The van der Waals surface area contributed by atoms with Crippen LogP contribution in [-0.2, 0) is 17.0 Å². The van der Waals surface area contributed by atoms with E-state index in [0.717, 1.165) is 53.7 Å². The van der Waals surface area contributed by atoms with Crippen molar-refractivity contribution in [3.63, 3.8) is 0 Å². The van der Waals surface area contributed by atoms with Crippen LogP contribution in [0.4, 0.5) is 11.6 Å². The van der Waals surface area contributed by atoms with E-state index in [1.165, 1.54) is 0 Å². The van der Waals surface area contributed by atoms with Crippen LogP contribution >= 0.6 is 0 Å². The molecule has 0 aromatic carbocycles. The van der Waals surface area contributed by atoms with Crippen LogP contribution in [-0.4, -0.2) is 44.0 Å². The third-order valence-corrected chi connectivity index (χ3v) is 7.38. The van der Waals surface area contributed by atoms with Gasteiger partial charge in [-0.25, -0.2) is 9.97 Å². The Morgan fingerprint density at radius 2 is 2.03 bits per heavy atom. The second-order valence-electron chi connectivity index (χ2n) is 10.3. The van der Waals surface area contributed by atoms with Crippen LogP contribution in [0.5, 0.6) is 0 Å². The minimum Gasteiger partial charge on any atom is -0.361 e. The molecule has 32 heavy (non-hydrogen) atoms. The van der Waals surface area contributed by atoms with Gasteiger partial charge in [0.15, 0.2) is 5.65 Å². The number of hydrogen-bond acceptors (Lipinski definition) is 7. The summed E-state index contributed by atoms with van der Waals surface area (Å²) in [7, 11) is -1.13. The maximum absolute atomic E-state index is 9.42. The lowest BCUT2D eigenvalue weighted by Gasteiger charge is -2.15. The van der Waals surface area contributed by atoms with E-state index in [9.17, 15) is 5.26 Å². The smallest absolute Gasteiger partial charge is 0.229 e. The number of fused-ring (bicyclic) bond motifs is 1. The fourth-order valence-corrected chi connectivity index (χ4v) is 4.10. The van der Waals surface area contributed by atoms with Crippen LogP contribution in [0.3, 0.4) is 0 Å². The largest absolute Gasteiger partial charge is 0.361 e. The molecule has 0 bridgehead atoms. The van der Waals surface area contributed by atoms with Crippen LogP contribution < -0.4 is 5.32 Å². The number of nitriles is 1. The molecule has 1 fully saturated rings. The van der Waals surface area contributed by atoms with Crippen LogP contribution in [0.15, 0.2) is 12.5 Å². The zero-order valence-corrected chi connectivity index (χ0v) is 20.8. The second kappa shape index (κ2) is 8.29. The number of nitrogens with one attached hydrogen (secondary N) is 1. The molecule has 1 aliphatic rings. The van der Waals surface area contributed by atoms with Gasteiger partial charge in [-0.05, 0) is 39.7 Å². The first-order chi connectivity index (χ1) is 15.1. The van der Waals surface area contributed by atoms with Gasteiger partial charge in [-0.3, -0.25) is 9.25 Å². The number of nitrogens with zero attached hydrogens (tertiary/aromatic N) is 7. The predicted octanol–water partition coefficient (Wildman–Crippen LogP) is 4.52. The van der Waals surface area contributed by atoms with Crippen LogP contribution in [0, 0.1) is 18.3 Å². The van der Waals surface area contributed by atoms with Gasteiger partial charge in [-0.15, -0.1) is 0 Å². The van der Waals surface area contributed by atoms with E-state index >= 15 is 0 Å². The van der Waals surface area contributed by atoms with Gasteiger partial charge in [0.25, 0.3) is 0 Å². The molecule has 10 heteroatoms. The molecular formula is C22H32N8OSi. The lowest BCUT2D eigenvalue weighted by atomic mass is 10.1. The number of ether oxygens (including phenoxy) is 1. The highest BCUT2D eigenvalue weighted by Crippen LogP contribution is 2.42. The highest BCUT2D eigenvalue weighted by Gasteiger charge is 2.30. The summed E-state index contributed by atoms with van der Waals surface area (Å²) in [6, 6.07) is 3.40. The number of imidazole rings is 1.